The van der Waals surface area contributed by atoms with E-state index < -0.39 is 10.0 Å². The smallest absolute Gasteiger partial charge is 0.261 e. The second kappa shape index (κ2) is 11.0. The fourth-order valence-electron chi connectivity index (χ4n) is 4.47. The van der Waals surface area contributed by atoms with Crippen LogP contribution in [0, 0.1) is 0 Å². The zero-order chi connectivity index (χ0) is 25.9. The lowest BCUT2D eigenvalue weighted by Crippen LogP contribution is -2.45. The number of benzene rings is 2. The summed E-state index contributed by atoms with van der Waals surface area (Å²) in [5.74, 6) is 1.58. The third kappa shape index (κ3) is 5.24. The van der Waals surface area contributed by atoms with Gasteiger partial charge in [-0.2, -0.15) is 0 Å². The number of ether oxygens (including phenoxy) is 1. The monoisotopic (exact) mass is 528 g/mol. The van der Waals surface area contributed by atoms with Crippen molar-refractivity contribution >= 4 is 38.5 Å². The summed E-state index contributed by atoms with van der Waals surface area (Å²) in [6.45, 7) is 7.91. The summed E-state index contributed by atoms with van der Waals surface area (Å²) in [5, 5.41) is 0.934. The molecular weight excluding hydrogens is 496 g/mol. The Morgan fingerprint density at radius 2 is 1.81 bits per heavy atom. The van der Waals surface area contributed by atoms with Gasteiger partial charge in [-0.05, 0) is 69.2 Å². The molecule has 1 atom stereocenters. The summed E-state index contributed by atoms with van der Waals surface area (Å²) in [4.78, 5) is 22.5. The van der Waals surface area contributed by atoms with Crippen LogP contribution >= 0.6 is 11.8 Å². The molecule has 36 heavy (non-hydrogen) atoms. The maximum atomic E-state index is 13.6. The van der Waals surface area contributed by atoms with Gasteiger partial charge in [-0.25, -0.2) is 13.4 Å². The SMILES string of the molecule is CCN(CC)C(=O)C1=C(C)N=C2SCCCN2C1c1ccc(NS(=O)(=O)c2ccc(OC)cc2)cc1. The lowest BCUT2D eigenvalue weighted by atomic mass is 9.93. The quantitative estimate of drug-likeness (QED) is 0.543. The average Bonchev–Trinajstić information content (AvgIpc) is 2.89. The van der Waals surface area contributed by atoms with E-state index in [1.807, 2.05) is 37.8 Å². The molecule has 2 aliphatic rings. The number of thioether (sulfide) groups is 1. The molecule has 0 saturated carbocycles. The van der Waals surface area contributed by atoms with Crippen molar-refractivity contribution in [1.29, 1.82) is 0 Å². The number of fused-ring (bicyclic) bond motifs is 1. The molecule has 0 radical (unpaired) electrons. The average molecular weight is 529 g/mol. The summed E-state index contributed by atoms with van der Waals surface area (Å²) >= 11 is 1.71. The maximum absolute atomic E-state index is 13.6. The third-order valence-corrected chi connectivity index (χ3v) is 8.86. The number of likely N-dealkylation sites (N-methyl/N-ethyl adjacent to an activating group) is 1. The van der Waals surface area contributed by atoms with E-state index in [1.165, 1.54) is 19.2 Å². The van der Waals surface area contributed by atoms with Gasteiger partial charge in [-0.15, -0.1) is 0 Å². The zero-order valence-corrected chi connectivity index (χ0v) is 22.7. The Kier molecular flexibility index (Phi) is 7.94. The van der Waals surface area contributed by atoms with Crippen molar-refractivity contribution < 1.29 is 17.9 Å². The second-order valence-corrected chi connectivity index (χ2v) is 11.3. The van der Waals surface area contributed by atoms with Crippen LogP contribution in [0.1, 0.15) is 38.8 Å². The summed E-state index contributed by atoms with van der Waals surface area (Å²) in [5.41, 5.74) is 2.79. The lowest BCUT2D eigenvalue weighted by Gasteiger charge is -2.41. The molecule has 10 heteroatoms. The summed E-state index contributed by atoms with van der Waals surface area (Å²) < 4.78 is 33.5. The minimum atomic E-state index is -3.75. The van der Waals surface area contributed by atoms with E-state index in [0.29, 0.717) is 30.1 Å². The molecule has 0 bridgehead atoms. The summed E-state index contributed by atoms with van der Waals surface area (Å²) in [6.07, 6.45) is 1.01. The largest absolute Gasteiger partial charge is 0.497 e. The van der Waals surface area contributed by atoms with E-state index in [2.05, 4.69) is 9.62 Å². The molecule has 1 amide bonds. The Morgan fingerprint density at radius 1 is 1.14 bits per heavy atom. The molecule has 2 heterocycles. The van der Waals surface area contributed by atoms with Crippen LogP contribution < -0.4 is 9.46 Å². The number of nitrogens with one attached hydrogen (secondary N) is 1. The number of hydrogen-bond donors (Lipinski definition) is 1. The minimum absolute atomic E-state index is 0.00911. The topological polar surface area (TPSA) is 91.3 Å². The number of amidine groups is 1. The summed E-state index contributed by atoms with van der Waals surface area (Å²) in [6, 6.07) is 13.2. The number of sulfonamides is 1. The third-order valence-electron chi connectivity index (χ3n) is 6.39. The van der Waals surface area contributed by atoms with E-state index >= 15 is 0 Å². The fraction of sp³-hybridized carbons (Fsp3) is 0.385. The number of carbonyl (C=O) groups excluding carboxylic acids is 1. The van der Waals surface area contributed by atoms with Gasteiger partial charge in [0, 0.05) is 31.1 Å². The predicted molar refractivity (Wildman–Crippen MR) is 145 cm³/mol. The van der Waals surface area contributed by atoms with Gasteiger partial charge in [0.25, 0.3) is 15.9 Å². The number of methoxy groups -OCH3 is 1. The molecule has 2 aliphatic heterocycles. The molecule has 192 valence electrons. The van der Waals surface area contributed by atoms with Gasteiger partial charge in [-0.1, -0.05) is 23.9 Å². The van der Waals surface area contributed by atoms with Crippen LogP contribution in [0.2, 0.25) is 0 Å². The van der Waals surface area contributed by atoms with Crippen LogP contribution in [0.25, 0.3) is 0 Å². The Morgan fingerprint density at radius 3 is 2.42 bits per heavy atom. The van der Waals surface area contributed by atoms with Gasteiger partial charge in [0.05, 0.1) is 29.3 Å². The van der Waals surface area contributed by atoms with Crippen LogP contribution in [0.3, 0.4) is 0 Å². The van der Waals surface area contributed by atoms with Gasteiger partial charge < -0.3 is 14.5 Å². The van der Waals surface area contributed by atoms with E-state index in [9.17, 15) is 13.2 Å². The Labute approximate surface area is 217 Å². The molecule has 2 aromatic carbocycles. The molecule has 1 fully saturated rings. The van der Waals surface area contributed by atoms with E-state index in [0.717, 1.165) is 35.1 Å². The van der Waals surface area contributed by atoms with E-state index in [-0.39, 0.29) is 16.8 Å². The Balaban J connectivity index is 1.65. The molecule has 4 rings (SSSR count). The zero-order valence-electron chi connectivity index (χ0n) is 21.0. The van der Waals surface area contributed by atoms with Gasteiger partial charge in [-0.3, -0.25) is 9.52 Å². The number of rotatable bonds is 8. The number of anilines is 1. The van der Waals surface area contributed by atoms with Crippen molar-refractivity contribution in [2.75, 3.05) is 37.2 Å². The Hall–Kier alpha value is -2.98. The highest BCUT2D eigenvalue weighted by atomic mass is 32.2. The minimum Gasteiger partial charge on any atom is -0.497 e. The molecule has 0 aromatic heterocycles. The van der Waals surface area contributed by atoms with Crippen molar-refractivity contribution in [3.8, 4) is 5.75 Å². The van der Waals surface area contributed by atoms with Crippen LogP contribution in [0.5, 0.6) is 5.75 Å². The molecule has 0 spiro atoms. The van der Waals surface area contributed by atoms with Crippen LogP contribution in [0.15, 0.2) is 69.7 Å². The molecule has 1 saturated heterocycles. The fourth-order valence-corrected chi connectivity index (χ4v) is 6.55. The number of nitrogens with zero attached hydrogens (tertiary/aromatic N) is 3. The standard InChI is InChI=1S/C26H32N4O4S2/c1-5-29(6-2)25(31)23-18(3)27-26-30(16-7-17-35-26)24(23)19-8-10-20(11-9-19)28-36(32,33)22-14-12-21(34-4)13-15-22/h8-15,24,28H,5-7,16-17H2,1-4H3. The summed E-state index contributed by atoms with van der Waals surface area (Å²) in [7, 11) is -2.22. The molecule has 1 N–H and O–H groups in total. The van der Waals surface area contributed by atoms with Gasteiger partial charge in [0.1, 0.15) is 5.75 Å². The van der Waals surface area contributed by atoms with Crippen LogP contribution in [-0.2, 0) is 14.8 Å². The molecule has 0 aliphatic carbocycles. The van der Waals surface area contributed by atoms with Crippen molar-refractivity contribution in [3.63, 3.8) is 0 Å². The highest BCUT2D eigenvalue weighted by Crippen LogP contribution is 2.40. The lowest BCUT2D eigenvalue weighted by molar-refractivity contribution is -0.127. The Bertz CT molecular complexity index is 1270. The van der Waals surface area contributed by atoms with Crippen LogP contribution in [-0.4, -0.2) is 61.8 Å². The molecular formula is C26H32N4O4S2. The van der Waals surface area contributed by atoms with E-state index in [4.69, 9.17) is 9.73 Å². The first kappa shape index (κ1) is 26.1. The first-order chi connectivity index (χ1) is 17.3. The first-order valence-corrected chi connectivity index (χ1v) is 14.5. The molecule has 2 aromatic rings. The number of carbonyl (C=O) groups is 1. The van der Waals surface area contributed by atoms with E-state index in [1.54, 1.807) is 36.0 Å². The van der Waals surface area contributed by atoms with Crippen molar-refractivity contribution in [2.24, 2.45) is 4.99 Å². The number of allylic oxidation sites excluding steroid dienone is 1. The first-order valence-electron chi connectivity index (χ1n) is 12.0. The van der Waals surface area contributed by atoms with Crippen molar-refractivity contribution in [3.05, 3.63) is 65.4 Å². The van der Waals surface area contributed by atoms with Gasteiger partial charge in [0.2, 0.25) is 0 Å². The maximum Gasteiger partial charge on any atom is 0.261 e. The predicted octanol–water partition coefficient (Wildman–Crippen LogP) is 4.49. The second-order valence-electron chi connectivity index (χ2n) is 8.57. The number of aliphatic imine (C=N–C) groups is 1. The van der Waals surface area contributed by atoms with Gasteiger partial charge in [0.15, 0.2) is 5.17 Å². The number of amides is 1. The highest BCUT2D eigenvalue weighted by Gasteiger charge is 2.38. The van der Waals surface area contributed by atoms with Crippen molar-refractivity contribution in [2.45, 2.75) is 38.1 Å². The van der Waals surface area contributed by atoms with Gasteiger partial charge >= 0.3 is 0 Å². The molecule has 1 unspecified atom stereocenters. The normalized spacial score (nSPS) is 17.8. The highest BCUT2D eigenvalue weighted by molar-refractivity contribution is 8.13. The molecule has 8 nitrogen and oxygen atoms in total. The number of hydrogen-bond acceptors (Lipinski definition) is 7. The van der Waals surface area contributed by atoms with Crippen molar-refractivity contribution in [1.82, 2.24) is 9.80 Å². The van der Waals surface area contributed by atoms with Crippen LogP contribution in [0.4, 0.5) is 5.69 Å².